The number of fused-ring (bicyclic) bond motifs is 1. The Morgan fingerprint density at radius 2 is 1.69 bits per heavy atom. The van der Waals surface area contributed by atoms with E-state index in [0.29, 0.717) is 5.56 Å². The third-order valence-corrected chi connectivity index (χ3v) is 4.97. The predicted octanol–water partition coefficient (Wildman–Crippen LogP) is 5.40. The standard InChI is InChI=1S/C25H22N2O2/c1-17(18-9-4-3-5-10-18)26-25(28)22-16-24(19-11-8-12-20(15-19)29-2)27-23-14-7-6-13-21(22)23/h3-17H,1-2H3,(H,26,28)/t17-/m0/s1. The molecule has 29 heavy (non-hydrogen) atoms. The number of aromatic nitrogens is 1. The summed E-state index contributed by atoms with van der Waals surface area (Å²) in [5.74, 6) is 0.630. The number of pyridine rings is 1. The Kier molecular flexibility index (Phi) is 5.25. The molecule has 4 aromatic rings. The van der Waals surface area contributed by atoms with E-state index in [9.17, 15) is 4.79 Å². The van der Waals surface area contributed by atoms with Crippen LogP contribution in [0.5, 0.6) is 5.75 Å². The van der Waals surface area contributed by atoms with Gasteiger partial charge in [-0.25, -0.2) is 4.98 Å². The lowest BCUT2D eigenvalue weighted by Crippen LogP contribution is -2.27. The van der Waals surface area contributed by atoms with Crippen LogP contribution in [-0.2, 0) is 0 Å². The molecule has 1 amide bonds. The number of carbonyl (C=O) groups is 1. The fourth-order valence-electron chi connectivity index (χ4n) is 3.39. The average molecular weight is 382 g/mol. The van der Waals surface area contributed by atoms with Gasteiger partial charge in [-0.3, -0.25) is 4.79 Å². The number of ether oxygens (including phenoxy) is 1. The lowest BCUT2D eigenvalue weighted by atomic mass is 10.0. The zero-order chi connectivity index (χ0) is 20.2. The number of nitrogens with one attached hydrogen (secondary N) is 1. The Morgan fingerprint density at radius 1 is 0.931 bits per heavy atom. The average Bonchev–Trinajstić information content (AvgIpc) is 2.78. The summed E-state index contributed by atoms with van der Waals surface area (Å²) in [6, 6.07) is 27.1. The second-order valence-corrected chi connectivity index (χ2v) is 6.91. The SMILES string of the molecule is COc1cccc(-c2cc(C(=O)N[C@@H](C)c3ccccc3)c3ccccc3n2)c1. The molecular formula is C25H22N2O2. The van der Waals surface area contributed by atoms with Gasteiger partial charge in [0.1, 0.15) is 5.75 Å². The van der Waals surface area contributed by atoms with Crippen molar-refractivity contribution in [3.8, 4) is 17.0 Å². The molecule has 0 aliphatic heterocycles. The van der Waals surface area contributed by atoms with Crippen LogP contribution in [0, 0.1) is 0 Å². The molecule has 0 fully saturated rings. The lowest BCUT2D eigenvalue weighted by molar-refractivity contribution is 0.0941. The van der Waals surface area contributed by atoms with E-state index in [0.717, 1.165) is 33.5 Å². The Balaban J connectivity index is 1.75. The molecule has 0 aliphatic rings. The minimum absolute atomic E-state index is 0.101. The Bertz CT molecular complexity index is 1160. The van der Waals surface area contributed by atoms with E-state index in [4.69, 9.17) is 9.72 Å². The van der Waals surface area contributed by atoms with E-state index in [1.54, 1.807) is 7.11 Å². The second kappa shape index (κ2) is 8.15. The van der Waals surface area contributed by atoms with E-state index in [2.05, 4.69) is 5.32 Å². The van der Waals surface area contributed by atoms with Gasteiger partial charge < -0.3 is 10.1 Å². The van der Waals surface area contributed by atoms with Crippen LogP contribution < -0.4 is 10.1 Å². The first-order valence-electron chi connectivity index (χ1n) is 9.56. The van der Waals surface area contributed by atoms with Crippen molar-refractivity contribution in [1.29, 1.82) is 0 Å². The van der Waals surface area contributed by atoms with Crippen molar-refractivity contribution in [2.75, 3.05) is 7.11 Å². The van der Waals surface area contributed by atoms with Crippen LogP contribution in [0.4, 0.5) is 0 Å². The third kappa shape index (κ3) is 3.97. The summed E-state index contributed by atoms with van der Waals surface area (Å²) in [5, 5.41) is 3.94. The molecule has 0 bridgehead atoms. The first kappa shape index (κ1) is 18.7. The van der Waals surface area contributed by atoms with Crippen LogP contribution in [0.15, 0.2) is 84.9 Å². The second-order valence-electron chi connectivity index (χ2n) is 6.91. The van der Waals surface area contributed by atoms with E-state index < -0.39 is 0 Å². The van der Waals surface area contributed by atoms with E-state index in [1.807, 2.05) is 91.9 Å². The lowest BCUT2D eigenvalue weighted by Gasteiger charge is -2.16. The summed E-state index contributed by atoms with van der Waals surface area (Å²) in [6.45, 7) is 1.99. The summed E-state index contributed by atoms with van der Waals surface area (Å²) >= 11 is 0. The van der Waals surface area contributed by atoms with Crippen molar-refractivity contribution in [3.63, 3.8) is 0 Å². The molecule has 3 aromatic carbocycles. The molecule has 144 valence electrons. The molecule has 1 aromatic heterocycles. The molecule has 0 spiro atoms. The molecule has 4 heteroatoms. The van der Waals surface area contributed by atoms with Gasteiger partial charge in [0.25, 0.3) is 5.91 Å². The Hall–Kier alpha value is -3.66. The normalized spacial score (nSPS) is 11.8. The topological polar surface area (TPSA) is 51.2 Å². The number of hydrogen-bond acceptors (Lipinski definition) is 3. The fraction of sp³-hybridized carbons (Fsp3) is 0.120. The summed E-state index contributed by atoms with van der Waals surface area (Å²) in [6.07, 6.45) is 0. The van der Waals surface area contributed by atoms with Gasteiger partial charge in [0.2, 0.25) is 0 Å². The number of amides is 1. The van der Waals surface area contributed by atoms with Crippen LogP contribution >= 0.6 is 0 Å². The number of benzene rings is 3. The van der Waals surface area contributed by atoms with Crippen molar-refractivity contribution < 1.29 is 9.53 Å². The molecular weight excluding hydrogens is 360 g/mol. The number of nitrogens with zero attached hydrogens (tertiary/aromatic N) is 1. The van der Waals surface area contributed by atoms with Crippen molar-refractivity contribution in [3.05, 3.63) is 96.1 Å². The molecule has 1 N–H and O–H groups in total. The zero-order valence-corrected chi connectivity index (χ0v) is 16.4. The number of rotatable bonds is 5. The first-order chi connectivity index (χ1) is 14.2. The minimum atomic E-state index is -0.121. The highest BCUT2D eigenvalue weighted by Gasteiger charge is 2.16. The van der Waals surface area contributed by atoms with Gasteiger partial charge in [0, 0.05) is 10.9 Å². The number of hydrogen-bond donors (Lipinski definition) is 1. The summed E-state index contributed by atoms with van der Waals surface area (Å²) in [5.41, 5.74) is 4.09. The minimum Gasteiger partial charge on any atom is -0.497 e. The van der Waals surface area contributed by atoms with E-state index >= 15 is 0 Å². The van der Waals surface area contributed by atoms with E-state index in [-0.39, 0.29) is 11.9 Å². The van der Waals surface area contributed by atoms with Crippen molar-refractivity contribution in [2.24, 2.45) is 0 Å². The van der Waals surface area contributed by atoms with Gasteiger partial charge >= 0.3 is 0 Å². The van der Waals surface area contributed by atoms with Crippen molar-refractivity contribution in [1.82, 2.24) is 10.3 Å². The van der Waals surface area contributed by atoms with Gasteiger partial charge in [-0.1, -0.05) is 60.7 Å². The molecule has 1 heterocycles. The van der Waals surface area contributed by atoms with E-state index in [1.165, 1.54) is 0 Å². The van der Waals surface area contributed by atoms with Gasteiger partial charge in [0.15, 0.2) is 0 Å². The summed E-state index contributed by atoms with van der Waals surface area (Å²) < 4.78 is 5.34. The van der Waals surface area contributed by atoms with Crippen LogP contribution in [0.2, 0.25) is 0 Å². The van der Waals surface area contributed by atoms with Crippen LogP contribution in [-0.4, -0.2) is 18.0 Å². The van der Waals surface area contributed by atoms with Crippen LogP contribution in [0.25, 0.3) is 22.2 Å². The van der Waals surface area contributed by atoms with Crippen LogP contribution in [0.1, 0.15) is 28.9 Å². The third-order valence-electron chi connectivity index (χ3n) is 4.97. The highest BCUT2D eigenvalue weighted by molar-refractivity contribution is 6.07. The van der Waals surface area contributed by atoms with Crippen molar-refractivity contribution >= 4 is 16.8 Å². The number of para-hydroxylation sites is 1. The summed E-state index contributed by atoms with van der Waals surface area (Å²) in [4.78, 5) is 18.0. The molecule has 0 saturated carbocycles. The number of carbonyl (C=O) groups excluding carboxylic acids is 1. The molecule has 0 unspecified atom stereocenters. The van der Waals surface area contributed by atoms with Gasteiger partial charge in [0.05, 0.1) is 29.9 Å². The smallest absolute Gasteiger partial charge is 0.252 e. The highest BCUT2D eigenvalue weighted by Crippen LogP contribution is 2.27. The maximum Gasteiger partial charge on any atom is 0.252 e. The van der Waals surface area contributed by atoms with Crippen LogP contribution in [0.3, 0.4) is 0 Å². The molecule has 0 radical (unpaired) electrons. The molecule has 0 aliphatic carbocycles. The first-order valence-corrected chi connectivity index (χ1v) is 9.56. The Labute approximate surface area is 170 Å². The molecule has 4 rings (SSSR count). The maximum atomic E-state index is 13.2. The van der Waals surface area contributed by atoms with Gasteiger partial charge in [-0.2, -0.15) is 0 Å². The predicted molar refractivity (Wildman–Crippen MR) is 116 cm³/mol. The zero-order valence-electron chi connectivity index (χ0n) is 16.4. The number of methoxy groups -OCH3 is 1. The molecule has 0 saturated heterocycles. The van der Waals surface area contributed by atoms with Crippen molar-refractivity contribution in [2.45, 2.75) is 13.0 Å². The quantitative estimate of drug-likeness (QED) is 0.503. The Morgan fingerprint density at radius 3 is 2.48 bits per heavy atom. The summed E-state index contributed by atoms with van der Waals surface area (Å²) in [7, 11) is 1.64. The maximum absolute atomic E-state index is 13.2. The fourth-order valence-corrected chi connectivity index (χ4v) is 3.39. The largest absolute Gasteiger partial charge is 0.497 e. The van der Waals surface area contributed by atoms with Gasteiger partial charge in [-0.05, 0) is 36.8 Å². The van der Waals surface area contributed by atoms with Gasteiger partial charge in [-0.15, -0.1) is 0 Å². The highest BCUT2D eigenvalue weighted by atomic mass is 16.5. The monoisotopic (exact) mass is 382 g/mol. The molecule has 1 atom stereocenters. The molecule has 4 nitrogen and oxygen atoms in total.